The molecule has 1 fully saturated rings. The number of anilines is 1. The highest BCUT2D eigenvalue weighted by Gasteiger charge is 2.34. The SMILES string of the molecule is COc1cc(-c2nc3ccc(Br)cn3c2NC2CCCCC2)ccc1OCCCN1C(=O)c2ccccc2C1=O. The number of rotatable bonds is 9. The zero-order valence-electron chi connectivity index (χ0n) is 22.4. The van der Waals surface area contributed by atoms with E-state index in [0.717, 1.165) is 40.0 Å². The number of aromatic nitrogens is 2. The predicted octanol–water partition coefficient (Wildman–Crippen LogP) is 6.58. The third-order valence-electron chi connectivity index (χ3n) is 7.63. The number of halogens is 1. The summed E-state index contributed by atoms with van der Waals surface area (Å²) in [7, 11) is 1.62. The van der Waals surface area contributed by atoms with Gasteiger partial charge in [-0.25, -0.2) is 4.98 Å². The van der Waals surface area contributed by atoms with Crippen molar-refractivity contribution >= 4 is 39.2 Å². The molecule has 2 aromatic carbocycles. The van der Waals surface area contributed by atoms with Crippen LogP contribution in [0.15, 0.2) is 65.3 Å². The van der Waals surface area contributed by atoms with Crippen LogP contribution in [0.4, 0.5) is 5.82 Å². The summed E-state index contributed by atoms with van der Waals surface area (Å²) in [5.74, 6) is 1.67. The Balaban J connectivity index is 1.18. The van der Waals surface area contributed by atoms with E-state index in [9.17, 15) is 9.59 Å². The minimum Gasteiger partial charge on any atom is -0.493 e. The van der Waals surface area contributed by atoms with E-state index in [-0.39, 0.29) is 11.8 Å². The molecule has 1 aliphatic heterocycles. The molecule has 0 bridgehead atoms. The number of fused-ring (bicyclic) bond motifs is 2. The molecular formula is C31H31BrN4O4. The molecule has 6 rings (SSSR count). The van der Waals surface area contributed by atoms with Crippen molar-refractivity contribution in [3.63, 3.8) is 0 Å². The molecule has 2 aliphatic rings. The van der Waals surface area contributed by atoms with Gasteiger partial charge >= 0.3 is 0 Å². The first-order valence-electron chi connectivity index (χ1n) is 13.7. The lowest BCUT2D eigenvalue weighted by Crippen LogP contribution is -2.31. The largest absolute Gasteiger partial charge is 0.493 e. The molecule has 8 nitrogen and oxygen atoms in total. The van der Waals surface area contributed by atoms with Crippen LogP contribution in [-0.2, 0) is 0 Å². The number of nitrogens with one attached hydrogen (secondary N) is 1. The van der Waals surface area contributed by atoms with Gasteiger partial charge in [-0.2, -0.15) is 0 Å². The summed E-state index contributed by atoms with van der Waals surface area (Å²) in [6, 6.07) is 17.2. The summed E-state index contributed by atoms with van der Waals surface area (Å²) >= 11 is 3.60. The molecule has 4 aromatic rings. The lowest BCUT2D eigenvalue weighted by atomic mass is 9.95. The molecule has 3 heterocycles. The Kier molecular flexibility index (Phi) is 7.47. The van der Waals surface area contributed by atoms with Gasteiger partial charge in [0.15, 0.2) is 11.5 Å². The first-order chi connectivity index (χ1) is 19.5. The minimum absolute atomic E-state index is 0.250. The van der Waals surface area contributed by atoms with Crippen molar-refractivity contribution in [3.8, 4) is 22.8 Å². The van der Waals surface area contributed by atoms with E-state index in [1.54, 1.807) is 31.4 Å². The molecule has 40 heavy (non-hydrogen) atoms. The summed E-state index contributed by atoms with van der Waals surface area (Å²) in [6.07, 6.45) is 8.61. The number of nitrogens with zero attached hydrogens (tertiary/aromatic N) is 3. The summed E-state index contributed by atoms with van der Waals surface area (Å²) in [4.78, 5) is 31.5. The van der Waals surface area contributed by atoms with Gasteiger partial charge in [0.25, 0.3) is 11.8 Å². The van der Waals surface area contributed by atoms with E-state index >= 15 is 0 Å². The number of ether oxygens (including phenoxy) is 2. The summed E-state index contributed by atoms with van der Waals surface area (Å²) < 4.78 is 14.8. The zero-order chi connectivity index (χ0) is 27.6. The second-order valence-corrected chi connectivity index (χ2v) is 11.2. The van der Waals surface area contributed by atoms with Gasteiger partial charge in [0, 0.05) is 28.8 Å². The van der Waals surface area contributed by atoms with Crippen LogP contribution in [-0.4, -0.2) is 52.4 Å². The van der Waals surface area contributed by atoms with Gasteiger partial charge in [-0.3, -0.25) is 18.9 Å². The second kappa shape index (κ2) is 11.3. The normalized spacial score (nSPS) is 15.5. The highest BCUT2D eigenvalue weighted by Crippen LogP contribution is 2.37. The van der Waals surface area contributed by atoms with Crippen molar-refractivity contribution in [2.75, 3.05) is 25.6 Å². The van der Waals surface area contributed by atoms with Crippen LogP contribution in [0.2, 0.25) is 0 Å². The maximum absolute atomic E-state index is 12.6. The monoisotopic (exact) mass is 602 g/mol. The van der Waals surface area contributed by atoms with Crippen molar-refractivity contribution in [2.24, 2.45) is 0 Å². The maximum Gasteiger partial charge on any atom is 0.261 e. The summed E-state index contributed by atoms with van der Waals surface area (Å²) in [5, 5.41) is 3.78. The number of pyridine rings is 1. The Labute approximate surface area is 241 Å². The molecule has 1 aliphatic carbocycles. The van der Waals surface area contributed by atoms with E-state index in [0.29, 0.717) is 48.2 Å². The molecule has 2 aromatic heterocycles. The molecule has 0 unspecified atom stereocenters. The maximum atomic E-state index is 12.6. The van der Waals surface area contributed by atoms with Crippen LogP contribution in [0.3, 0.4) is 0 Å². The topological polar surface area (TPSA) is 85.2 Å². The van der Waals surface area contributed by atoms with Crippen LogP contribution in [0, 0.1) is 0 Å². The predicted molar refractivity (Wildman–Crippen MR) is 157 cm³/mol. The third kappa shape index (κ3) is 5.06. The molecule has 0 saturated heterocycles. The lowest BCUT2D eigenvalue weighted by Gasteiger charge is -2.24. The van der Waals surface area contributed by atoms with E-state index in [1.807, 2.05) is 36.5 Å². The number of benzene rings is 2. The fraction of sp³-hybridized carbons (Fsp3) is 0.323. The molecule has 0 spiro atoms. The van der Waals surface area contributed by atoms with Gasteiger partial charge in [0.1, 0.15) is 17.2 Å². The Morgan fingerprint density at radius 2 is 1.73 bits per heavy atom. The number of methoxy groups -OCH3 is 1. The molecule has 1 N–H and O–H groups in total. The van der Waals surface area contributed by atoms with E-state index in [2.05, 4.69) is 25.6 Å². The van der Waals surface area contributed by atoms with Crippen molar-refractivity contribution < 1.29 is 19.1 Å². The molecule has 206 valence electrons. The number of carbonyl (C=O) groups excluding carboxylic acids is 2. The van der Waals surface area contributed by atoms with Crippen molar-refractivity contribution in [1.29, 1.82) is 0 Å². The van der Waals surface area contributed by atoms with Crippen molar-refractivity contribution in [3.05, 3.63) is 76.4 Å². The number of hydrogen-bond acceptors (Lipinski definition) is 6. The minimum atomic E-state index is -0.250. The molecule has 0 atom stereocenters. The van der Waals surface area contributed by atoms with Crippen LogP contribution in [0.25, 0.3) is 16.9 Å². The quantitative estimate of drug-likeness (QED) is 0.172. The summed E-state index contributed by atoms with van der Waals surface area (Å²) in [5.41, 5.74) is 3.57. The number of imidazole rings is 1. The second-order valence-electron chi connectivity index (χ2n) is 10.2. The highest BCUT2D eigenvalue weighted by molar-refractivity contribution is 9.10. The van der Waals surface area contributed by atoms with Gasteiger partial charge in [-0.05, 0) is 77.7 Å². The van der Waals surface area contributed by atoms with Gasteiger partial charge in [-0.1, -0.05) is 31.4 Å². The fourth-order valence-electron chi connectivity index (χ4n) is 5.58. The number of amides is 2. The molecule has 9 heteroatoms. The van der Waals surface area contributed by atoms with Crippen molar-refractivity contribution in [1.82, 2.24) is 14.3 Å². The highest BCUT2D eigenvalue weighted by atomic mass is 79.9. The third-order valence-corrected chi connectivity index (χ3v) is 8.10. The molecular weight excluding hydrogens is 572 g/mol. The van der Waals surface area contributed by atoms with Gasteiger partial charge in [0.2, 0.25) is 0 Å². The smallest absolute Gasteiger partial charge is 0.261 e. The first-order valence-corrected chi connectivity index (χ1v) is 14.5. The van der Waals surface area contributed by atoms with Crippen molar-refractivity contribution in [2.45, 2.75) is 44.6 Å². The van der Waals surface area contributed by atoms with E-state index < -0.39 is 0 Å². The molecule has 1 saturated carbocycles. The lowest BCUT2D eigenvalue weighted by molar-refractivity contribution is 0.0646. The Morgan fingerprint density at radius 3 is 2.45 bits per heavy atom. The molecule has 2 amide bonds. The van der Waals surface area contributed by atoms with Crippen LogP contribution in [0.1, 0.15) is 59.2 Å². The molecule has 0 radical (unpaired) electrons. The fourth-order valence-corrected chi connectivity index (χ4v) is 5.92. The zero-order valence-corrected chi connectivity index (χ0v) is 23.9. The standard InChI is InChI=1S/C31H31BrN4O4/c1-39-26-18-20(28-29(33-22-8-3-2-4-9-22)36-19-21(32)13-15-27(36)34-28)12-14-25(26)40-17-7-16-35-30(37)23-10-5-6-11-24(23)31(35)38/h5-6,10-15,18-19,22,33H,2-4,7-9,16-17H2,1H3. The summed E-state index contributed by atoms with van der Waals surface area (Å²) in [6.45, 7) is 0.625. The Bertz CT molecular complexity index is 1540. The van der Waals surface area contributed by atoms with Gasteiger partial charge < -0.3 is 14.8 Å². The van der Waals surface area contributed by atoms with Crippen LogP contribution in [0.5, 0.6) is 11.5 Å². The average molecular weight is 604 g/mol. The van der Waals surface area contributed by atoms with Crippen LogP contribution >= 0.6 is 15.9 Å². The van der Waals surface area contributed by atoms with Gasteiger partial charge in [0.05, 0.1) is 24.8 Å². The average Bonchev–Trinajstić information content (AvgIpc) is 3.45. The number of hydrogen-bond donors (Lipinski definition) is 1. The number of imide groups is 1. The first kappa shape index (κ1) is 26.4. The van der Waals surface area contributed by atoms with E-state index in [1.165, 1.54) is 24.2 Å². The Hall–Kier alpha value is -3.85. The Morgan fingerprint density at radius 1 is 0.975 bits per heavy atom. The van der Waals surface area contributed by atoms with Gasteiger partial charge in [-0.15, -0.1) is 0 Å². The number of carbonyl (C=O) groups is 2. The van der Waals surface area contributed by atoms with Crippen LogP contribution < -0.4 is 14.8 Å². The van der Waals surface area contributed by atoms with E-state index in [4.69, 9.17) is 14.5 Å².